The Morgan fingerprint density at radius 1 is 1.11 bits per heavy atom. The quantitative estimate of drug-likeness (QED) is 0.304. The molecule has 4 rings (SSSR count). The number of halogens is 1. The maximum atomic E-state index is 14.8. The number of aliphatic hydroxyl groups is 1. The van der Waals surface area contributed by atoms with Gasteiger partial charge in [-0.05, 0) is 50.2 Å². The number of rotatable bonds is 9. The van der Waals surface area contributed by atoms with Crippen molar-refractivity contribution in [1.29, 1.82) is 0 Å². The first-order valence-electron chi connectivity index (χ1n) is 11.1. The van der Waals surface area contributed by atoms with Gasteiger partial charge in [0.25, 0.3) is 5.89 Å². The molecule has 0 amide bonds. The highest BCUT2D eigenvalue weighted by molar-refractivity contribution is 7.92. The Balaban J connectivity index is 1.64. The predicted molar refractivity (Wildman–Crippen MR) is 132 cm³/mol. The largest absolute Gasteiger partial charge is 0.414 e. The molecule has 36 heavy (non-hydrogen) atoms. The molecule has 4 aromatic rings. The third-order valence-corrected chi connectivity index (χ3v) is 7.85. The lowest BCUT2D eigenvalue weighted by molar-refractivity contribution is 0.287. The lowest BCUT2D eigenvalue weighted by atomic mass is 10.1. The van der Waals surface area contributed by atoms with E-state index < -0.39 is 25.8 Å². The van der Waals surface area contributed by atoms with Crippen molar-refractivity contribution in [3.05, 3.63) is 60.0 Å². The van der Waals surface area contributed by atoms with Crippen LogP contribution >= 0.6 is 0 Å². The molecule has 4 N–H and O–H groups in total. The summed E-state index contributed by atoms with van der Waals surface area (Å²) in [5.41, 5.74) is 8.44. The van der Waals surface area contributed by atoms with E-state index in [1.165, 1.54) is 25.3 Å². The molecule has 0 radical (unpaired) electrons. The lowest BCUT2D eigenvalue weighted by Crippen LogP contribution is -2.20. The van der Waals surface area contributed by atoms with E-state index in [0.717, 1.165) is 18.2 Å². The van der Waals surface area contributed by atoms with Gasteiger partial charge in [0.2, 0.25) is 5.89 Å². The van der Waals surface area contributed by atoms with Gasteiger partial charge >= 0.3 is 0 Å². The number of nitrogens with two attached hydrogens (primary N) is 1. The van der Waals surface area contributed by atoms with Crippen LogP contribution in [0.5, 0.6) is 0 Å². The Morgan fingerprint density at radius 3 is 2.47 bits per heavy atom. The molecular weight excluding hydrogens is 487 g/mol. The number of nitrogen functional groups attached to an aromatic ring is 1. The zero-order valence-electron chi connectivity index (χ0n) is 19.6. The molecule has 188 valence electrons. The van der Waals surface area contributed by atoms with Gasteiger partial charge in [0, 0.05) is 24.3 Å². The lowest BCUT2D eigenvalue weighted by Gasteiger charge is -2.13. The average Bonchev–Trinajstić information content (AvgIpc) is 3.35. The number of sulfone groups is 1. The fourth-order valence-electron chi connectivity index (χ4n) is 3.54. The van der Waals surface area contributed by atoms with Crippen molar-refractivity contribution in [3.8, 4) is 34.3 Å². The van der Waals surface area contributed by atoms with Crippen LogP contribution in [0.25, 0.3) is 34.3 Å². The molecule has 0 bridgehead atoms. The summed E-state index contributed by atoms with van der Waals surface area (Å²) in [6.45, 7) is 1.83. The summed E-state index contributed by atoms with van der Waals surface area (Å²) in [7, 11) is -2.08. The summed E-state index contributed by atoms with van der Waals surface area (Å²) in [4.78, 5) is 8.08. The highest BCUT2D eigenvalue weighted by atomic mass is 32.2. The van der Waals surface area contributed by atoms with Crippen LogP contribution in [0.3, 0.4) is 0 Å². The Kier molecular flexibility index (Phi) is 7.38. The average molecular weight is 513 g/mol. The van der Waals surface area contributed by atoms with Crippen molar-refractivity contribution < 1.29 is 22.3 Å². The number of aromatic nitrogens is 4. The summed E-state index contributed by atoms with van der Waals surface area (Å²) in [6, 6.07) is 11.3. The van der Waals surface area contributed by atoms with Gasteiger partial charge in [-0.3, -0.25) is 0 Å². The smallest absolute Gasteiger partial charge is 0.270 e. The Morgan fingerprint density at radius 2 is 1.81 bits per heavy atom. The van der Waals surface area contributed by atoms with Crippen molar-refractivity contribution in [2.45, 2.75) is 30.0 Å². The van der Waals surface area contributed by atoms with Crippen LogP contribution in [0, 0.1) is 5.82 Å². The maximum Gasteiger partial charge on any atom is 0.270 e. The number of benzene rings is 2. The molecular formula is C24H25FN6O4S. The van der Waals surface area contributed by atoms with E-state index in [0.29, 0.717) is 5.56 Å². The van der Waals surface area contributed by atoms with Crippen molar-refractivity contribution >= 4 is 15.7 Å². The Hall–Kier alpha value is -3.74. The standard InChI is InChI=1S/C24H25FN6O4S/c1-14(9-10-32)36(33,34)20-8-7-17(11-18(20)25)19-13-28-22(26)21(29-19)24-31-30-23(35-24)16-5-3-15(4-6-16)12-27-2/h3-8,11,13-14,27,32H,9-10,12H2,1-2H3,(H2,26,28). The summed E-state index contributed by atoms with van der Waals surface area (Å²) in [5.74, 6) is -0.589. The topological polar surface area (TPSA) is 157 Å². The molecule has 0 aliphatic rings. The fourth-order valence-corrected chi connectivity index (χ4v) is 4.98. The maximum absolute atomic E-state index is 14.8. The van der Waals surface area contributed by atoms with Crippen molar-refractivity contribution in [2.75, 3.05) is 19.4 Å². The zero-order valence-corrected chi connectivity index (χ0v) is 20.5. The number of hydrogen-bond acceptors (Lipinski definition) is 10. The summed E-state index contributed by atoms with van der Waals surface area (Å²) in [6.07, 6.45) is 1.34. The molecule has 1 unspecified atom stereocenters. The van der Waals surface area contributed by atoms with Crippen LogP contribution in [0.15, 0.2) is 58.0 Å². The van der Waals surface area contributed by atoms with E-state index in [1.54, 1.807) is 0 Å². The van der Waals surface area contributed by atoms with E-state index >= 15 is 0 Å². The van der Waals surface area contributed by atoms with Crippen LogP contribution < -0.4 is 11.1 Å². The third-order valence-electron chi connectivity index (χ3n) is 5.61. The van der Waals surface area contributed by atoms with Gasteiger partial charge in [-0.1, -0.05) is 18.2 Å². The first kappa shape index (κ1) is 25.4. The SMILES string of the molecule is CNCc1ccc(-c2nnc(-c3nc(-c4ccc(S(=O)(=O)C(C)CCO)c(F)c4)cnc3N)o2)cc1. The number of hydrogen-bond donors (Lipinski definition) is 3. The van der Waals surface area contributed by atoms with Gasteiger partial charge in [0.05, 0.1) is 17.1 Å². The van der Waals surface area contributed by atoms with Crippen molar-refractivity contribution in [1.82, 2.24) is 25.5 Å². The predicted octanol–water partition coefficient (Wildman–Crippen LogP) is 2.85. The molecule has 10 nitrogen and oxygen atoms in total. The molecule has 2 aromatic carbocycles. The minimum absolute atomic E-state index is 0.00256. The molecule has 0 fully saturated rings. The highest BCUT2D eigenvalue weighted by Gasteiger charge is 2.26. The van der Waals surface area contributed by atoms with Crippen molar-refractivity contribution in [3.63, 3.8) is 0 Å². The van der Waals surface area contributed by atoms with E-state index in [1.807, 2.05) is 31.3 Å². The van der Waals surface area contributed by atoms with Gasteiger partial charge in [0.1, 0.15) is 10.7 Å². The number of anilines is 1. The molecule has 2 aromatic heterocycles. The first-order chi connectivity index (χ1) is 17.2. The molecule has 12 heteroatoms. The van der Waals surface area contributed by atoms with Gasteiger partial charge in [-0.15, -0.1) is 10.2 Å². The third kappa shape index (κ3) is 5.10. The molecule has 1 atom stereocenters. The minimum atomic E-state index is -3.95. The molecule has 0 aliphatic carbocycles. The van der Waals surface area contributed by atoms with E-state index in [4.69, 9.17) is 15.3 Å². The summed E-state index contributed by atoms with van der Waals surface area (Å²) in [5, 5.41) is 19.3. The number of nitrogens with one attached hydrogen (secondary N) is 1. The van der Waals surface area contributed by atoms with E-state index in [-0.39, 0.29) is 47.6 Å². The van der Waals surface area contributed by atoms with Gasteiger partial charge in [-0.2, -0.15) is 0 Å². The second kappa shape index (κ2) is 10.5. The monoisotopic (exact) mass is 512 g/mol. The molecule has 2 heterocycles. The fraction of sp³-hybridized carbons (Fsp3) is 0.250. The normalized spacial score (nSPS) is 12.6. The van der Waals surface area contributed by atoms with Gasteiger partial charge in [-0.25, -0.2) is 22.8 Å². The van der Waals surface area contributed by atoms with Gasteiger partial charge in [0.15, 0.2) is 21.3 Å². The Bertz CT molecular complexity index is 1470. The van der Waals surface area contributed by atoms with Crippen LogP contribution in [-0.2, 0) is 16.4 Å². The van der Waals surface area contributed by atoms with Crippen LogP contribution in [-0.4, -0.2) is 52.6 Å². The number of aliphatic hydroxyl groups excluding tert-OH is 1. The van der Waals surface area contributed by atoms with Crippen LogP contribution in [0.2, 0.25) is 0 Å². The van der Waals surface area contributed by atoms with Crippen LogP contribution in [0.1, 0.15) is 18.9 Å². The highest BCUT2D eigenvalue weighted by Crippen LogP contribution is 2.30. The zero-order chi connectivity index (χ0) is 25.9. The Labute approximate surface area is 207 Å². The first-order valence-corrected chi connectivity index (χ1v) is 12.6. The van der Waals surface area contributed by atoms with E-state index in [2.05, 4.69) is 25.5 Å². The second-order valence-electron chi connectivity index (χ2n) is 8.14. The van der Waals surface area contributed by atoms with Crippen LogP contribution in [0.4, 0.5) is 10.2 Å². The molecule has 0 spiro atoms. The summed E-state index contributed by atoms with van der Waals surface area (Å²) >= 11 is 0. The molecule has 0 aliphatic heterocycles. The molecule has 0 saturated carbocycles. The minimum Gasteiger partial charge on any atom is -0.414 e. The van der Waals surface area contributed by atoms with E-state index in [9.17, 15) is 12.8 Å². The second-order valence-corrected chi connectivity index (χ2v) is 10.5. The van der Waals surface area contributed by atoms with Crippen molar-refractivity contribution in [2.24, 2.45) is 0 Å². The van der Waals surface area contributed by atoms with Gasteiger partial charge < -0.3 is 20.6 Å². The molecule has 0 saturated heterocycles. The summed E-state index contributed by atoms with van der Waals surface area (Å²) < 4.78 is 45.9. The number of nitrogens with zero attached hydrogens (tertiary/aromatic N) is 4.